The summed E-state index contributed by atoms with van der Waals surface area (Å²) in [5.74, 6) is -0.0347. The Morgan fingerprint density at radius 3 is 2.58 bits per heavy atom. The maximum Gasteiger partial charge on any atom is 0.269 e. The summed E-state index contributed by atoms with van der Waals surface area (Å²) in [6, 6.07) is 16.2. The van der Waals surface area contributed by atoms with Crippen molar-refractivity contribution in [1.82, 2.24) is 40.0 Å². The van der Waals surface area contributed by atoms with Crippen molar-refractivity contribution >= 4 is 46.0 Å². The molecule has 0 spiro atoms. The van der Waals surface area contributed by atoms with Crippen LogP contribution in [0.4, 0.5) is 5.69 Å². The first-order chi connectivity index (χ1) is 28.7. The van der Waals surface area contributed by atoms with Crippen molar-refractivity contribution < 1.29 is 28.7 Å². The highest BCUT2D eigenvalue weighted by molar-refractivity contribution is 6.08. The van der Waals surface area contributed by atoms with Gasteiger partial charge in [-0.2, -0.15) is 0 Å². The third kappa shape index (κ3) is 7.09. The van der Waals surface area contributed by atoms with Crippen LogP contribution < -0.4 is 16.0 Å². The normalized spacial score (nSPS) is 19.5. The van der Waals surface area contributed by atoms with Gasteiger partial charge in [-0.15, -0.1) is 0 Å². The first-order valence-corrected chi connectivity index (χ1v) is 20.2. The highest BCUT2D eigenvalue weighted by atomic mass is 16.5. The SMILES string of the molecule is C[C@@H]1C(=O)N(C)Cc2c(-c3cccc4cc(-c5ccc(C(=O)NCCCNc6cccc7c6C(=O)N(C6CCC(=O)NC6=O)C7)nc5)ncc34)nc(C3CCOCC3)n21. The Labute approximate surface area is 340 Å². The van der Waals surface area contributed by atoms with E-state index in [2.05, 4.69) is 31.6 Å². The van der Waals surface area contributed by atoms with Crippen LogP contribution in [0.3, 0.4) is 0 Å². The van der Waals surface area contributed by atoms with E-state index in [0.29, 0.717) is 63.5 Å². The summed E-state index contributed by atoms with van der Waals surface area (Å²) in [7, 11) is 1.84. The zero-order valence-electron chi connectivity index (χ0n) is 33.0. The van der Waals surface area contributed by atoms with Crippen LogP contribution in [0.15, 0.2) is 67.0 Å². The lowest BCUT2D eigenvalue weighted by molar-refractivity contribution is -0.137. The van der Waals surface area contributed by atoms with Gasteiger partial charge in [-0.25, -0.2) is 4.98 Å². The number of rotatable bonds is 10. The number of nitrogens with one attached hydrogen (secondary N) is 3. The van der Waals surface area contributed by atoms with Crippen LogP contribution >= 0.6 is 0 Å². The Kier molecular flexibility index (Phi) is 10.1. The predicted molar refractivity (Wildman–Crippen MR) is 218 cm³/mol. The molecule has 302 valence electrons. The fraction of sp³-hybridized carbons (Fsp3) is 0.364. The van der Waals surface area contributed by atoms with Gasteiger partial charge in [-0.3, -0.25) is 39.3 Å². The van der Waals surface area contributed by atoms with E-state index in [1.54, 1.807) is 17.2 Å². The summed E-state index contributed by atoms with van der Waals surface area (Å²) in [4.78, 5) is 81.4. The number of aromatic nitrogens is 4. The second-order valence-corrected chi connectivity index (χ2v) is 15.7. The number of hydrogen-bond donors (Lipinski definition) is 3. The van der Waals surface area contributed by atoms with E-state index in [-0.39, 0.29) is 47.7 Å². The van der Waals surface area contributed by atoms with Crippen LogP contribution in [0.2, 0.25) is 0 Å². The summed E-state index contributed by atoms with van der Waals surface area (Å²) in [6.07, 6.45) is 6.36. The van der Waals surface area contributed by atoms with Gasteiger partial charge >= 0.3 is 0 Å². The van der Waals surface area contributed by atoms with E-state index in [4.69, 9.17) is 14.7 Å². The molecule has 0 radical (unpaired) electrons. The Morgan fingerprint density at radius 2 is 1.78 bits per heavy atom. The van der Waals surface area contributed by atoms with Gasteiger partial charge in [-0.05, 0) is 67.8 Å². The maximum atomic E-state index is 13.4. The molecule has 15 heteroatoms. The van der Waals surface area contributed by atoms with Crippen LogP contribution in [0.1, 0.15) is 88.9 Å². The predicted octanol–water partition coefficient (Wildman–Crippen LogP) is 4.58. The van der Waals surface area contributed by atoms with Crippen LogP contribution in [0, 0.1) is 0 Å². The molecule has 15 nitrogen and oxygen atoms in total. The van der Waals surface area contributed by atoms with E-state index in [1.165, 1.54) is 4.90 Å². The number of ether oxygens (including phenoxy) is 1. The number of piperidine rings is 1. The molecule has 0 bridgehead atoms. The Balaban J connectivity index is 0.839. The van der Waals surface area contributed by atoms with Crippen molar-refractivity contribution in [2.24, 2.45) is 0 Å². The molecule has 2 saturated heterocycles. The number of nitrogens with zero attached hydrogens (tertiary/aromatic N) is 6. The molecule has 59 heavy (non-hydrogen) atoms. The third-order valence-corrected chi connectivity index (χ3v) is 12.0. The van der Waals surface area contributed by atoms with E-state index < -0.39 is 11.9 Å². The molecular weight excluding hydrogens is 751 g/mol. The van der Waals surface area contributed by atoms with Gasteiger partial charge in [0.05, 0.1) is 29.2 Å². The van der Waals surface area contributed by atoms with E-state index in [9.17, 15) is 24.0 Å². The lowest BCUT2D eigenvalue weighted by Gasteiger charge is -2.32. The number of likely N-dealkylation sites (N-methyl/N-ethyl adjacent to an activating group) is 1. The molecule has 3 aromatic heterocycles. The molecular formula is C44H45N9O6. The van der Waals surface area contributed by atoms with E-state index in [0.717, 1.165) is 63.2 Å². The molecule has 2 aromatic carbocycles. The summed E-state index contributed by atoms with van der Waals surface area (Å²) < 4.78 is 7.81. The summed E-state index contributed by atoms with van der Waals surface area (Å²) in [5, 5.41) is 10.5. The number of carbonyl (C=O) groups excluding carboxylic acids is 5. The van der Waals surface area contributed by atoms with E-state index >= 15 is 0 Å². The topological polar surface area (TPSA) is 181 Å². The van der Waals surface area contributed by atoms with Gasteiger partial charge in [0.25, 0.3) is 11.8 Å². The lowest BCUT2D eigenvalue weighted by Crippen LogP contribution is -2.52. The fourth-order valence-corrected chi connectivity index (χ4v) is 8.84. The van der Waals surface area contributed by atoms with Gasteiger partial charge in [0.2, 0.25) is 17.7 Å². The Bertz CT molecular complexity index is 2510. The average Bonchev–Trinajstić information content (AvgIpc) is 3.80. The number of carbonyl (C=O) groups is 5. The van der Waals surface area contributed by atoms with Gasteiger partial charge in [0.1, 0.15) is 23.6 Å². The van der Waals surface area contributed by atoms with Crippen LogP contribution in [-0.4, -0.2) is 98.2 Å². The number of hydrogen-bond acceptors (Lipinski definition) is 10. The standard InChI is InChI=1S/C44H45N9O6/c1-25-43(57)51(2)24-36-39(50-40(53(25)36)26-14-18-59-19-15-26)30-8-3-6-27-20-34(48-22-31(27)30)28-10-11-33(47-21-28)41(55)46-17-5-16-45-32-9-4-7-29-23-52(44(58)38(29)32)35-12-13-37(54)49-42(35)56/h3-4,6-11,20-22,25-26,35,45H,5,12-19,23-24H2,1-2H3,(H,46,55)(H,49,54,56)/t25-,35?/m1/s1. The summed E-state index contributed by atoms with van der Waals surface area (Å²) >= 11 is 0. The summed E-state index contributed by atoms with van der Waals surface area (Å²) in [6.45, 7) is 5.00. The van der Waals surface area contributed by atoms with Crippen molar-refractivity contribution in [3.8, 4) is 22.5 Å². The third-order valence-electron chi connectivity index (χ3n) is 12.0. The lowest BCUT2D eigenvalue weighted by atomic mass is 9.98. The first-order valence-electron chi connectivity index (χ1n) is 20.2. The molecule has 2 atom stereocenters. The minimum Gasteiger partial charge on any atom is -0.384 e. The first kappa shape index (κ1) is 38.1. The van der Waals surface area contributed by atoms with Crippen molar-refractivity contribution in [3.63, 3.8) is 0 Å². The minimum atomic E-state index is -0.673. The molecule has 9 rings (SSSR count). The van der Waals surface area contributed by atoms with Crippen molar-refractivity contribution in [2.45, 2.75) is 70.1 Å². The molecule has 4 aliphatic heterocycles. The number of imide groups is 1. The number of anilines is 1. The number of imidazole rings is 1. The molecule has 5 amide bonds. The van der Waals surface area contributed by atoms with Gasteiger partial charge in [0.15, 0.2) is 0 Å². The maximum absolute atomic E-state index is 13.4. The van der Waals surface area contributed by atoms with Crippen molar-refractivity contribution in [2.75, 3.05) is 38.7 Å². The molecule has 0 saturated carbocycles. The summed E-state index contributed by atoms with van der Waals surface area (Å²) in [5.41, 5.74) is 6.68. The molecule has 2 fully saturated rings. The molecule has 0 aliphatic carbocycles. The Morgan fingerprint density at radius 1 is 0.949 bits per heavy atom. The quantitative estimate of drug-likeness (QED) is 0.134. The van der Waals surface area contributed by atoms with Crippen LogP contribution in [0.5, 0.6) is 0 Å². The zero-order chi connectivity index (χ0) is 40.8. The van der Waals surface area contributed by atoms with Crippen LogP contribution in [0.25, 0.3) is 33.3 Å². The highest BCUT2D eigenvalue weighted by Crippen LogP contribution is 2.40. The number of benzene rings is 2. The highest BCUT2D eigenvalue weighted by Gasteiger charge is 2.40. The van der Waals surface area contributed by atoms with Gasteiger partial charge < -0.3 is 29.7 Å². The van der Waals surface area contributed by atoms with Gasteiger partial charge in [0, 0.05) is 86.8 Å². The Hall–Kier alpha value is -6.48. The number of amides is 5. The van der Waals surface area contributed by atoms with Crippen molar-refractivity contribution in [3.05, 3.63) is 95.3 Å². The average molecular weight is 796 g/mol. The zero-order valence-corrected chi connectivity index (χ0v) is 33.0. The molecule has 7 heterocycles. The van der Waals surface area contributed by atoms with Crippen LogP contribution in [-0.2, 0) is 32.2 Å². The molecule has 4 aliphatic rings. The molecule has 5 aromatic rings. The molecule has 3 N–H and O–H groups in total. The van der Waals surface area contributed by atoms with Crippen molar-refractivity contribution in [1.29, 1.82) is 0 Å². The fourth-order valence-electron chi connectivity index (χ4n) is 8.84. The largest absolute Gasteiger partial charge is 0.384 e. The number of fused-ring (bicyclic) bond motifs is 3. The van der Waals surface area contributed by atoms with E-state index in [1.807, 2.05) is 62.6 Å². The molecule has 1 unspecified atom stereocenters. The second-order valence-electron chi connectivity index (χ2n) is 15.7. The second kappa shape index (κ2) is 15.7. The monoisotopic (exact) mass is 795 g/mol. The smallest absolute Gasteiger partial charge is 0.269 e. The minimum absolute atomic E-state index is 0.0819. The van der Waals surface area contributed by atoms with Gasteiger partial charge in [-0.1, -0.05) is 30.3 Å². The number of pyridine rings is 2.